The highest BCUT2D eigenvalue weighted by molar-refractivity contribution is 6.06. The third-order valence-electron chi connectivity index (χ3n) is 2.69. The normalized spacial score (nSPS) is 10.2. The molecule has 88 valence electrons. The molecule has 2 rings (SSSR count). The van der Waals surface area contributed by atoms with Crippen LogP contribution in [0.2, 0.25) is 0 Å². The summed E-state index contributed by atoms with van der Waals surface area (Å²) in [5.74, 6) is -0.200. The second-order valence-electron chi connectivity index (χ2n) is 3.81. The lowest BCUT2D eigenvalue weighted by Crippen LogP contribution is -2.14. The van der Waals surface area contributed by atoms with Gasteiger partial charge in [-0.1, -0.05) is 12.1 Å². The van der Waals surface area contributed by atoms with Gasteiger partial charge in [-0.2, -0.15) is 5.10 Å². The summed E-state index contributed by atoms with van der Waals surface area (Å²) in [5, 5.41) is 6.79. The molecule has 3 N–H and O–H groups in total. The van der Waals surface area contributed by atoms with Crippen molar-refractivity contribution < 1.29 is 4.79 Å². The highest BCUT2D eigenvalue weighted by Gasteiger charge is 2.13. The minimum Gasteiger partial charge on any atom is -0.397 e. The molecule has 1 heterocycles. The van der Waals surface area contributed by atoms with Gasteiger partial charge in [-0.25, -0.2) is 0 Å². The number of aryl methyl sites for hydroxylation is 1. The van der Waals surface area contributed by atoms with Gasteiger partial charge in [0, 0.05) is 12.7 Å². The van der Waals surface area contributed by atoms with Crippen LogP contribution in [0.3, 0.4) is 0 Å². The van der Waals surface area contributed by atoms with Crippen molar-refractivity contribution in [3.63, 3.8) is 0 Å². The van der Waals surface area contributed by atoms with Crippen molar-refractivity contribution in [3.8, 4) is 0 Å². The predicted octanol–water partition coefficient (Wildman–Crippen LogP) is 1.56. The molecule has 1 amide bonds. The maximum Gasteiger partial charge on any atom is 0.259 e. The lowest BCUT2D eigenvalue weighted by molar-refractivity contribution is 0.102. The van der Waals surface area contributed by atoms with Crippen LogP contribution in [-0.4, -0.2) is 15.7 Å². The van der Waals surface area contributed by atoms with Gasteiger partial charge in [-0.3, -0.25) is 9.48 Å². The van der Waals surface area contributed by atoms with E-state index in [4.69, 9.17) is 5.73 Å². The van der Waals surface area contributed by atoms with Crippen LogP contribution in [0, 0.1) is 6.92 Å². The number of nitrogens with zero attached hydrogens (tertiary/aromatic N) is 2. The summed E-state index contributed by atoms with van der Waals surface area (Å²) in [6.45, 7) is 1.84. The van der Waals surface area contributed by atoms with E-state index in [0.717, 1.165) is 5.69 Å². The standard InChI is InChI=1S/C12H14N4O/c1-8-9(7-14-16(8)2)12(17)15-11-6-4-3-5-10(11)13/h3-7H,13H2,1-2H3,(H,15,17). The largest absolute Gasteiger partial charge is 0.397 e. The molecule has 1 aromatic heterocycles. The van der Waals surface area contributed by atoms with E-state index in [1.165, 1.54) is 0 Å². The zero-order valence-electron chi connectivity index (χ0n) is 9.77. The Hall–Kier alpha value is -2.30. The van der Waals surface area contributed by atoms with E-state index in [2.05, 4.69) is 10.4 Å². The van der Waals surface area contributed by atoms with Gasteiger partial charge in [-0.15, -0.1) is 0 Å². The lowest BCUT2D eigenvalue weighted by atomic mass is 10.2. The van der Waals surface area contributed by atoms with Gasteiger partial charge in [0.15, 0.2) is 0 Å². The van der Waals surface area contributed by atoms with Crippen molar-refractivity contribution in [2.45, 2.75) is 6.92 Å². The van der Waals surface area contributed by atoms with Crippen LogP contribution in [0.1, 0.15) is 16.1 Å². The first kappa shape index (κ1) is 11.2. The molecular weight excluding hydrogens is 216 g/mol. The first-order chi connectivity index (χ1) is 8.09. The number of aromatic nitrogens is 2. The van der Waals surface area contributed by atoms with E-state index in [1.54, 1.807) is 30.1 Å². The van der Waals surface area contributed by atoms with Crippen LogP contribution in [0.5, 0.6) is 0 Å². The second-order valence-corrected chi connectivity index (χ2v) is 3.81. The number of amides is 1. The van der Waals surface area contributed by atoms with E-state index in [0.29, 0.717) is 16.9 Å². The fraction of sp³-hybridized carbons (Fsp3) is 0.167. The Morgan fingerprint density at radius 2 is 2.12 bits per heavy atom. The van der Waals surface area contributed by atoms with Gasteiger partial charge in [0.1, 0.15) is 0 Å². The minimum atomic E-state index is -0.200. The predicted molar refractivity (Wildman–Crippen MR) is 66.8 cm³/mol. The van der Waals surface area contributed by atoms with Gasteiger partial charge in [0.05, 0.1) is 23.1 Å². The molecule has 0 bridgehead atoms. The highest BCUT2D eigenvalue weighted by atomic mass is 16.1. The Labute approximate surface area is 99.2 Å². The third kappa shape index (κ3) is 2.13. The number of anilines is 2. The number of nitrogen functional groups attached to an aromatic ring is 1. The van der Waals surface area contributed by atoms with Crippen LogP contribution >= 0.6 is 0 Å². The molecule has 0 spiro atoms. The third-order valence-corrected chi connectivity index (χ3v) is 2.69. The first-order valence-corrected chi connectivity index (χ1v) is 5.24. The summed E-state index contributed by atoms with van der Waals surface area (Å²) in [6.07, 6.45) is 1.55. The highest BCUT2D eigenvalue weighted by Crippen LogP contribution is 2.18. The summed E-state index contributed by atoms with van der Waals surface area (Å²) in [4.78, 5) is 12.0. The van der Waals surface area contributed by atoms with E-state index in [1.807, 2.05) is 19.1 Å². The van der Waals surface area contributed by atoms with E-state index >= 15 is 0 Å². The molecular formula is C12H14N4O. The number of hydrogen-bond acceptors (Lipinski definition) is 3. The molecule has 0 aliphatic heterocycles. The number of carbonyl (C=O) groups is 1. The summed E-state index contributed by atoms with van der Waals surface area (Å²) in [6, 6.07) is 7.15. The van der Waals surface area contributed by atoms with Gasteiger partial charge < -0.3 is 11.1 Å². The van der Waals surface area contributed by atoms with Crippen molar-refractivity contribution >= 4 is 17.3 Å². The van der Waals surface area contributed by atoms with Crippen molar-refractivity contribution in [2.75, 3.05) is 11.1 Å². The number of benzene rings is 1. The number of nitrogens with two attached hydrogens (primary N) is 1. The molecule has 2 aromatic rings. The minimum absolute atomic E-state index is 0.200. The summed E-state index contributed by atoms with van der Waals surface area (Å²) in [7, 11) is 1.79. The van der Waals surface area contributed by atoms with E-state index in [9.17, 15) is 4.79 Å². The fourth-order valence-corrected chi connectivity index (χ4v) is 1.52. The molecule has 0 aliphatic carbocycles. The average Bonchev–Trinajstić information content (AvgIpc) is 2.63. The molecule has 0 saturated carbocycles. The first-order valence-electron chi connectivity index (χ1n) is 5.24. The Balaban J connectivity index is 2.23. The Kier molecular flexibility index (Phi) is 2.82. The van der Waals surface area contributed by atoms with Crippen LogP contribution in [0.4, 0.5) is 11.4 Å². The summed E-state index contributed by atoms with van der Waals surface area (Å²) in [5.41, 5.74) is 8.28. The summed E-state index contributed by atoms with van der Waals surface area (Å²) < 4.78 is 1.66. The molecule has 0 radical (unpaired) electrons. The van der Waals surface area contributed by atoms with Crippen molar-refractivity contribution in [1.82, 2.24) is 9.78 Å². The van der Waals surface area contributed by atoms with E-state index < -0.39 is 0 Å². The SMILES string of the molecule is Cc1c(C(=O)Nc2ccccc2N)cnn1C. The molecule has 0 atom stereocenters. The van der Waals surface area contributed by atoms with Crippen LogP contribution < -0.4 is 11.1 Å². The molecule has 0 unspecified atom stereocenters. The second kappa shape index (κ2) is 4.29. The zero-order chi connectivity index (χ0) is 12.4. The molecule has 5 heteroatoms. The number of para-hydroxylation sites is 2. The molecule has 1 aromatic carbocycles. The fourth-order valence-electron chi connectivity index (χ4n) is 1.52. The van der Waals surface area contributed by atoms with Crippen molar-refractivity contribution in [3.05, 3.63) is 41.7 Å². The van der Waals surface area contributed by atoms with Crippen LogP contribution in [-0.2, 0) is 7.05 Å². The maximum absolute atomic E-state index is 12.0. The molecule has 17 heavy (non-hydrogen) atoms. The zero-order valence-corrected chi connectivity index (χ0v) is 9.77. The average molecular weight is 230 g/mol. The number of nitrogens with one attached hydrogen (secondary N) is 1. The number of rotatable bonds is 2. The topological polar surface area (TPSA) is 72.9 Å². The summed E-state index contributed by atoms with van der Waals surface area (Å²) >= 11 is 0. The Morgan fingerprint density at radius 1 is 1.41 bits per heavy atom. The van der Waals surface area contributed by atoms with Crippen LogP contribution in [0.25, 0.3) is 0 Å². The molecule has 5 nitrogen and oxygen atoms in total. The number of hydrogen-bond donors (Lipinski definition) is 2. The lowest BCUT2D eigenvalue weighted by Gasteiger charge is -2.07. The van der Waals surface area contributed by atoms with Gasteiger partial charge in [0.2, 0.25) is 0 Å². The van der Waals surface area contributed by atoms with Crippen molar-refractivity contribution in [2.24, 2.45) is 7.05 Å². The van der Waals surface area contributed by atoms with Crippen LogP contribution in [0.15, 0.2) is 30.5 Å². The molecule has 0 saturated heterocycles. The Bertz CT molecular complexity index is 559. The van der Waals surface area contributed by atoms with Gasteiger partial charge >= 0.3 is 0 Å². The molecule has 0 aliphatic rings. The monoisotopic (exact) mass is 230 g/mol. The van der Waals surface area contributed by atoms with Gasteiger partial charge in [0.25, 0.3) is 5.91 Å². The number of carbonyl (C=O) groups excluding carboxylic acids is 1. The maximum atomic E-state index is 12.0. The smallest absolute Gasteiger partial charge is 0.259 e. The van der Waals surface area contributed by atoms with Gasteiger partial charge in [-0.05, 0) is 19.1 Å². The van der Waals surface area contributed by atoms with E-state index in [-0.39, 0.29) is 5.91 Å². The van der Waals surface area contributed by atoms with Crippen molar-refractivity contribution in [1.29, 1.82) is 0 Å². The Morgan fingerprint density at radius 3 is 2.71 bits per heavy atom. The molecule has 0 fully saturated rings. The quantitative estimate of drug-likeness (QED) is 0.769.